The van der Waals surface area contributed by atoms with Crippen molar-refractivity contribution < 1.29 is 88.2 Å². The lowest BCUT2D eigenvalue weighted by molar-refractivity contribution is -0.131. The van der Waals surface area contributed by atoms with E-state index in [0.29, 0.717) is 70.6 Å². The van der Waals surface area contributed by atoms with Crippen LogP contribution in [0.15, 0.2) is 113 Å². The minimum absolute atomic E-state index is 0. The Hall–Kier alpha value is -8.09. The molecule has 9 rings (SSSR count). The van der Waals surface area contributed by atoms with Crippen LogP contribution in [0.5, 0.6) is 0 Å². The summed E-state index contributed by atoms with van der Waals surface area (Å²) in [6.45, 7) is 27.5. The number of rotatable bonds is 55. The van der Waals surface area contributed by atoms with Gasteiger partial charge in [-0.15, -0.1) is 0 Å². The first-order chi connectivity index (χ1) is 63.0. The molecule has 128 heavy (non-hydrogen) atoms. The molecule has 0 radical (unpaired) electrons. The van der Waals surface area contributed by atoms with Crippen LogP contribution in [-0.4, -0.2) is 204 Å². The first-order valence-corrected chi connectivity index (χ1v) is 47.3. The summed E-state index contributed by atoms with van der Waals surface area (Å²) in [4.78, 5) is 93.1. The normalized spacial score (nSPS) is 17.3. The van der Waals surface area contributed by atoms with Crippen molar-refractivity contribution in [3.05, 3.63) is 163 Å². The number of H-pyrrole nitrogens is 1. The SMILES string of the molecule is C.C.[2H]CC1OC(OCCCCCCNC(=O)CCCCCCCCCCCOC(=O)OCC2c3ccccc3-c3ccccc32)CC1OP(OCCC#N)N(C(C)C)C(C)C.[2H]CC1OC(n2cc(CCCNC(=O)CCC(=O)NCCCCCCOC(=O)OCC3c4ccccc4-c4ccccc43)c(=O)[nH]c2=O)CC1OP(OCC[N+]#[C-])N(C(C)C)C(C)C.[3H]OC.[3H]OC. The topological polar surface area (TPSA) is 353 Å². The first kappa shape index (κ1) is 105. The third kappa shape index (κ3) is 38.4. The van der Waals surface area contributed by atoms with Gasteiger partial charge in [0.15, 0.2) is 6.29 Å². The van der Waals surface area contributed by atoms with Crippen molar-refractivity contribution in [2.75, 3.05) is 86.6 Å². The molecule has 3 amide bonds. The third-order valence-electron chi connectivity index (χ3n) is 21.7. The summed E-state index contributed by atoms with van der Waals surface area (Å²) in [5.41, 5.74) is 8.58. The number of ether oxygens (including phenoxy) is 7. The van der Waals surface area contributed by atoms with Crippen LogP contribution in [0, 0.1) is 17.9 Å². The highest BCUT2D eigenvalue weighted by atomic mass is 31.2. The van der Waals surface area contributed by atoms with Gasteiger partial charge in [0.1, 0.15) is 26.0 Å². The number of aromatic amines is 1. The average molecular weight is 1830 g/mol. The molecule has 4 aromatic carbocycles. The van der Waals surface area contributed by atoms with E-state index in [1.165, 1.54) is 66.5 Å². The summed E-state index contributed by atoms with van der Waals surface area (Å²) in [7, 11) is -0.419. The van der Waals surface area contributed by atoms with Crippen molar-refractivity contribution in [1.29, 1.82) is 8.12 Å². The van der Waals surface area contributed by atoms with E-state index in [-0.39, 0.29) is 160 Å². The molecule has 0 bridgehead atoms. The van der Waals surface area contributed by atoms with Crippen LogP contribution in [0.1, 0.15) is 287 Å². The highest BCUT2D eigenvalue weighted by Crippen LogP contribution is 2.52. The molecule has 8 atom stereocenters. The van der Waals surface area contributed by atoms with E-state index in [2.05, 4.69) is 128 Å². The summed E-state index contributed by atoms with van der Waals surface area (Å²) < 4.78 is 98.0. The van der Waals surface area contributed by atoms with Gasteiger partial charge in [0.05, 0.1) is 56.7 Å². The van der Waals surface area contributed by atoms with Gasteiger partial charge >= 0.3 is 18.0 Å². The number of aryl methyl sites for hydroxylation is 1. The molecule has 2 saturated heterocycles. The van der Waals surface area contributed by atoms with Crippen LogP contribution in [0.3, 0.4) is 0 Å². The molecular formula is C97H151N9O20P2. The molecule has 2 aliphatic carbocycles. The summed E-state index contributed by atoms with van der Waals surface area (Å²) >= 11 is 0. The van der Waals surface area contributed by atoms with Gasteiger partial charge in [-0.25, -0.2) is 30.3 Å². The molecule has 0 saturated carbocycles. The van der Waals surface area contributed by atoms with Crippen LogP contribution >= 0.6 is 17.1 Å². The van der Waals surface area contributed by atoms with Gasteiger partial charge in [0, 0.05) is 123 Å². The van der Waals surface area contributed by atoms with Crippen molar-refractivity contribution >= 4 is 47.1 Å². The van der Waals surface area contributed by atoms with Gasteiger partial charge in [-0.05, 0) is 171 Å². The standard InChI is InChI=1S/C47H72N3O8P.C46H63N6O10P.2CH4O.2CH4/c1-36(2)50(37(3)4)59(56-33-23-29-48)58-44-34-46(57-38(44)5)53-31-21-14-12-20-30-49-45(51)28-15-11-9-7-6-8-10-13-22-32-54-47(52)55-35-43-41-26-18-16-24-39(41)40-25-17-19-27-42(40)43;1-31(2)52(32(3)4)63(60-27-25-47-6)62-40-28-43(61-33(40)5)51-29-34(44(55)50-45(51)56)16-15-24-49-42(54)22-21-41(53)48-23-13-7-8-14-26-58-46(57)59-30-39-37-19-11-9-17-35(37)36-18-10-12-20-38(36)39;2*1-2;;/h16-19,24-27,36-38,43-44,46H,6-15,20-23,28,30-35H2,1-5H3,(H,49,51);9-12,17-20,29,31-33,39-40,43H,7-8,13-16,21-28,30H2,1-5H3,(H,48,53)(H,49,54)(H,50,55,56);2*2H,1H3;2*1H4/i2*5D;2*2T;;. The van der Waals surface area contributed by atoms with Crippen molar-refractivity contribution in [2.45, 2.75) is 318 Å². The van der Waals surface area contributed by atoms with E-state index in [9.17, 15) is 33.6 Å². The van der Waals surface area contributed by atoms with E-state index in [0.717, 1.165) is 106 Å². The average Bonchev–Trinajstić information content (AvgIpc) is 1.62. The van der Waals surface area contributed by atoms with Crippen molar-refractivity contribution in [3.63, 3.8) is 0 Å². The number of aliphatic hydroxyl groups excluding tert-OH is 2. The fraction of sp³-hybridized carbons (Fsp3) is 0.639. The Bertz CT molecular complexity index is 4210. The van der Waals surface area contributed by atoms with E-state index in [1.807, 2.05) is 76.2 Å². The second kappa shape index (κ2) is 63.8. The number of hydrogen-bond acceptors (Lipinski definition) is 23. The minimum atomic E-state index is -1.60. The maximum Gasteiger partial charge on any atom is 0.508 e. The highest BCUT2D eigenvalue weighted by Gasteiger charge is 2.42. The zero-order valence-corrected chi connectivity index (χ0v) is 77.7. The summed E-state index contributed by atoms with van der Waals surface area (Å²) in [5, 5.41) is 24.7. The van der Waals surface area contributed by atoms with Gasteiger partial charge in [0.25, 0.3) is 22.6 Å². The van der Waals surface area contributed by atoms with Gasteiger partial charge in [-0.3, -0.25) is 28.7 Å². The lowest BCUT2D eigenvalue weighted by Crippen LogP contribution is -2.35. The molecule has 0 spiro atoms. The Kier molecular flexibility index (Phi) is 52.5. The Labute approximate surface area is 770 Å². The fourth-order valence-electron chi connectivity index (χ4n) is 15.6. The molecule has 5 aromatic rings. The number of carbonyl (C=O) groups excluding carboxylic acids is 5. The fourth-order valence-corrected chi connectivity index (χ4v) is 19.2. The monoisotopic (exact) mass is 1830 g/mol. The number of nitriles is 1. The third-order valence-corrected chi connectivity index (χ3v) is 26.0. The van der Waals surface area contributed by atoms with Gasteiger partial charge in [0.2, 0.25) is 27.1 Å². The Morgan fingerprint density at radius 1 is 0.555 bits per heavy atom. The second-order valence-corrected chi connectivity index (χ2v) is 35.3. The second-order valence-electron chi connectivity index (χ2n) is 32.4. The lowest BCUT2D eigenvalue weighted by Gasteiger charge is -2.37. The van der Waals surface area contributed by atoms with Crippen LogP contribution in [-0.2, 0) is 72.1 Å². The van der Waals surface area contributed by atoms with E-state index in [4.69, 9.17) is 68.7 Å². The summed E-state index contributed by atoms with van der Waals surface area (Å²) in [6, 6.07) is 35.6. The van der Waals surface area contributed by atoms with Crippen molar-refractivity contribution in [3.8, 4) is 28.3 Å². The van der Waals surface area contributed by atoms with Crippen LogP contribution in [0.2, 0.25) is 0 Å². The number of aliphatic hydroxyl groups is 2. The quantitative estimate of drug-likeness (QED) is 0.00911. The molecule has 3 heterocycles. The number of unbranched alkanes of at least 4 members (excludes halogenated alkanes) is 14. The van der Waals surface area contributed by atoms with Gasteiger partial charge < -0.3 is 82.3 Å². The maximum atomic E-state index is 12.9. The molecule has 6 N–H and O–H groups in total. The largest absolute Gasteiger partial charge is 0.508 e. The van der Waals surface area contributed by atoms with Gasteiger partial charge in [-0.1, -0.05) is 176 Å². The minimum Gasteiger partial charge on any atom is -0.434 e. The predicted octanol–water partition coefficient (Wildman–Crippen LogP) is 18.8. The molecular weight excluding hydrogens is 1670 g/mol. The number of benzene rings is 4. The van der Waals surface area contributed by atoms with E-state index >= 15 is 0 Å². The Balaban J connectivity index is 0.000000515. The number of nitrogens with zero attached hydrogens (tertiary/aromatic N) is 5. The zero-order valence-electron chi connectivity index (χ0n) is 79.9. The van der Waals surface area contributed by atoms with E-state index in [1.54, 1.807) is 0 Å². The number of carbonyl (C=O) groups is 5. The molecule has 4 aliphatic rings. The van der Waals surface area contributed by atoms with Crippen LogP contribution in [0.4, 0.5) is 9.59 Å². The summed E-state index contributed by atoms with van der Waals surface area (Å²) in [5.74, 6) is -0.356. The number of hydrogen-bond donors (Lipinski definition) is 6. The molecule has 29 nitrogen and oxygen atoms in total. The Morgan fingerprint density at radius 3 is 1.38 bits per heavy atom. The first-order valence-electron chi connectivity index (χ1n) is 47.3. The number of fused-ring (bicyclic) bond motifs is 6. The predicted molar refractivity (Wildman–Crippen MR) is 503 cm³/mol. The molecule has 2 aliphatic heterocycles. The molecule has 1 aromatic heterocycles. The molecule has 714 valence electrons. The lowest BCUT2D eigenvalue weighted by atomic mass is 9.98. The molecule has 2 fully saturated rings. The number of aromatic nitrogens is 2. The summed E-state index contributed by atoms with van der Waals surface area (Å²) in [6.07, 6.45) is 16.2. The zero-order chi connectivity index (χ0) is 94.4. The molecule has 31 heteroatoms. The molecule has 8 unspecified atom stereocenters. The van der Waals surface area contributed by atoms with E-state index < -0.39 is 65.3 Å². The van der Waals surface area contributed by atoms with Crippen molar-refractivity contribution in [1.82, 2.24) is 34.8 Å². The van der Waals surface area contributed by atoms with Crippen molar-refractivity contribution in [2.24, 2.45) is 0 Å². The maximum absolute atomic E-state index is 12.9. The Morgan fingerprint density at radius 2 is 0.945 bits per heavy atom. The number of amides is 3. The van der Waals surface area contributed by atoms with Crippen LogP contribution in [0.25, 0.3) is 27.1 Å². The highest BCUT2D eigenvalue weighted by molar-refractivity contribution is 7.44. The van der Waals surface area contributed by atoms with Crippen LogP contribution < -0.4 is 27.2 Å². The smallest absolute Gasteiger partial charge is 0.434 e. The number of nitrogens with one attached hydrogen (secondary N) is 4. The van der Waals surface area contributed by atoms with Gasteiger partial charge in [-0.2, -0.15) is 5.26 Å².